The van der Waals surface area contributed by atoms with E-state index in [0.29, 0.717) is 0 Å². The zero-order valence-electron chi connectivity index (χ0n) is 18.6. The Morgan fingerprint density at radius 2 is 1.69 bits per heavy atom. The fraction of sp³-hybridized carbons (Fsp3) is 0.185. The second kappa shape index (κ2) is 9.62. The van der Waals surface area contributed by atoms with Crippen molar-refractivity contribution in [3.05, 3.63) is 114 Å². The van der Waals surface area contributed by atoms with Gasteiger partial charge in [-0.2, -0.15) is 0 Å². The van der Waals surface area contributed by atoms with Crippen LogP contribution < -0.4 is 10.6 Å². The summed E-state index contributed by atoms with van der Waals surface area (Å²) in [5.74, 6) is -0.0771. The number of anilines is 1. The van der Waals surface area contributed by atoms with Crippen LogP contribution in [0.1, 0.15) is 41.3 Å². The van der Waals surface area contributed by atoms with Gasteiger partial charge in [0.25, 0.3) is 0 Å². The fourth-order valence-electron chi connectivity index (χ4n) is 3.74. The van der Waals surface area contributed by atoms with E-state index in [2.05, 4.69) is 46.8 Å². The number of nitrogens with one attached hydrogen (secondary N) is 2. The number of amides is 1. The quantitative estimate of drug-likeness (QED) is 0.411. The monoisotopic (exact) mass is 424 g/mol. The van der Waals surface area contributed by atoms with Crippen molar-refractivity contribution in [2.75, 3.05) is 5.32 Å². The number of hydrogen-bond acceptors (Lipinski definition) is 3. The van der Waals surface area contributed by atoms with Gasteiger partial charge in [0.05, 0.1) is 6.33 Å². The molecule has 0 spiro atoms. The summed E-state index contributed by atoms with van der Waals surface area (Å²) in [7, 11) is 0. The first-order chi connectivity index (χ1) is 15.5. The van der Waals surface area contributed by atoms with Crippen molar-refractivity contribution in [3.63, 3.8) is 0 Å². The summed E-state index contributed by atoms with van der Waals surface area (Å²) in [5, 5.41) is 6.65. The first kappa shape index (κ1) is 21.5. The standard InChI is InChI=1S/C27H28N4O/c1-19-9-10-20(2)25(17-19)30-27(32)26(23-7-5-4-6-8-23)29-21(3)22-11-13-24(14-12-22)31-16-15-28-18-31/h4-18,21,26,29H,1-3H3,(H,30,32). The van der Waals surface area contributed by atoms with Gasteiger partial charge in [0.2, 0.25) is 5.91 Å². The van der Waals surface area contributed by atoms with E-state index >= 15 is 0 Å². The van der Waals surface area contributed by atoms with E-state index in [1.807, 2.05) is 73.1 Å². The van der Waals surface area contributed by atoms with Gasteiger partial charge in [0.1, 0.15) is 6.04 Å². The molecule has 0 aliphatic carbocycles. The van der Waals surface area contributed by atoms with Gasteiger partial charge >= 0.3 is 0 Å². The Morgan fingerprint density at radius 3 is 2.38 bits per heavy atom. The minimum absolute atomic E-state index is 0.0265. The van der Waals surface area contributed by atoms with Crippen molar-refractivity contribution in [1.82, 2.24) is 14.9 Å². The summed E-state index contributed by atoms with van der Waals surface area (Å²) in [6.07, 6.45) is 5.45. The van der Waals surface area contributed by atoms with Crippen LogP contribution in [0.3, 0.4) is 0 Å². The second-order valence-corrected chi connectivity index (χ2v) is 8.10. The molecule has 0 fully saturated rings. The molecule has 0 aliphatic heterocycles. The molecule has 4 aromatic rings. The zero-order valence-corrected chi connectivity index (χ0v) is 18.6. The van der Waals surface area contributed by atoms with E-state index in [-0.39, 0.29) is 11.9 Å². The number of carbonyl (C=O) groups is 1. The van der Waals surface area contributed by atoms with Crippen LogP contribution in [0.5, 0.6) is 0 Å². The second-order valence-electron chi connectivity index (χ2n) is 8.10. The summed E-state index contributed by atoms with van der Waals surface area (Å²) in [6.45, 7) is 6.11. The SMILES string of the molecule is Cc1ccc(C)c(NC(=O)C(NC(C)c2ccc(-n3ccnc3)cc2)c2ccccc2)c1. The third-order valence-corrected chi connectivity index (χ3v) is 5.66. The van der Waals surface area contributed by atoms with E-state index in [1.165, 1.54) is 0 Å². The molecule has 0 saturated heterocycles. The maximum atomic E-state index is 13.4. The summed E-state index contributed by atoms with van der Waals surface area (Å²) >= 11 is 0. The maximum Gasteiger partial charge on any atom is 0.246 e. The maximum absolute atomic E-state index is 13.4. The largest absolute Gasteiger partial charge is 0.324 e. The van der Waals surface area contributed by atoms with Crippen molar-refractivity contribution in [3.8, 4) is 5.69 Å². The zero-order chi connectivity index (χ0) is 22.5. The Kier molecular flexibility index (Phi) is 6.47. The molecule has 0 saturated carbocycles. The average Bonchev–Trinajstić information content (AvgIpc) is 3.35. The lowest BCUT2D eigenvalue weighted by molar-refractivity contribution is -0.118. The molecule has 0 radical (unpaired) electrons. The number of aryl methyl sites for hydroxylation is 2. The number of carbonyl (C=O) groups excluding carboxylic acids is 1. The third kappa shape index (κ3) is 4.95. The number of benzene rings is 3. The Labute approximate surface area is 189 Å². The van der Waals surface area contributed by atoms with Crippen LogP contribution in [0.4, 0.5) is 5.69 Å². The van der Waals surface area contributed by atoms with Crippen molar-refractivity contribution >= 4 is 11.6 Å². The first-order valence-corrected chi connectivity index (χ1v) is 10.8. The molecule has 162 valence electrons. The molecule has 32 heavy (non-hydrogen) atoms. The van der Waals surface area contributed by atoms with Crippen LogP contribution in [0.25, 0.3) is 5.69 Å². The Morgan fingerprint density at radius 1 is 0.938 bits per heavy atom. The predicted octanol–water partition coefficient (Wildman–Crippen LogP) is 5.52. The van der Waals surface area contributed by atoms with Crippen LogP contribution in [-0.4, -0.2) is 15.5 Å². The van der Waals surface area contributed by atoms with E-state index in [1.54, 1.807) is 12.5 Å². The molecule has 0 aliphatic rings. The number of aromatic nitrogens is 2. The summed E-state index contributed by atoms with van der Waals surface area (Å²) in [6, 6.07) is 23.7. The van der Waals surface area contributed by atoms with Crippen LogP contribution in [0.2, 0.25) is 0 Å². The molecule has 5 nitrogen and oxygen atoms in total. The fourth-order valence-corrected chi connectivity index (χ4v) is 3.74. The van der Waals surface area contributed by atoms with E-state index in [9.17, 15) is 4.79 Å². The predicted molar refractivity (Wildman–Crippen MR) is 129 cm³/mol. The minimum Gasteiger partial charge on any atom is -0.324 e. The molecule has 1 heterocycles. The highest BCUT2D eigenvalue weighted by molar-refractivity contribution is 5.96. The number of rotatable bonds is 7. The molecule has 2 unspecified atom stereocenters. The van der Waals surface area contributed by atoms with Gasteiger partial charge in [-0.05, 0) is 61.2 Å². The lowest BCUT2D eigenvalue weighted by Gasteiger charge is -2.24. The topological polar surface area (TPSA) is 59.0 Å². The minimum atomic E-state index is -0.487. The Balaban J connectivity index is 1.55. The molecule has 0 bridgehead atoms. The summed E-state index contributed by atoms with van der Waals surface area (Å²) < 4.78 is 1.96. The molecule has 4 rings (SSSR count). The average molecular weight is 425 g/mol. The van der Waals surface area contributed by atoms with Gasteiger partial charge in [0.15, 0.2) is 0 Å². The van der Waals surface area contributed by atoms with Crippen molar-refractivity contribution in [2.45, 2.75) is 32.9 Å². The number of nitrogens with zero attached hydrogens (tertiary/aromatic N) is 2. The Hall–Kier alpha value is -3.70. The lowest BCUT2D eigenvalue weighted by atomic mass is 10.0. The molecule has 1 aromatic heterocycles. The van der Waals surface area contributed by atoms with E-state index in [4.69, 9.17) is 0 Å². The van der Waals surface area contributed by atoms with Crippen molar-refractivity contribution in [1.29, 1.82) is 0 Å². The normalized spacial score (nSPS) is 12.8. The molecule has 3 aromatic carbocycles. The van der Waals surface area contributed by atoms with E-state index in [0.717, 1.165) is 33.6 Å². The van der Waals surface area contributed by atoms with Crippen LogP contribution in [0.15, 0.2) is 91.5 Å². The highest BCUT2D eigenvalue weighted by Crippen LogP contribution is 2.24. The smallest absolute Gasteiger partial charge is 0.246 e. The highest BCUT2D eigenvalue weighted by atomic mass is 16.2. The van der Waals surface area contributed by atoms with Crippen LogP contribution in [0, 0.1) is 13.8 Å². The Bertz CT molecular complexity index is 1170. The van der Waals surface area contributed by atoms with E-state index < -0.39 is 6.04 Å². The van der Waals surface area contributed by atoms with Crippen LogP contribution in [-0.2, 0) is 4.79 Å². The summed E-state index contributed by atoms with van der Waals surface area (Å²) in [4.78, 5) is 17.5. The molecular formula is C27H28N4O. The van der Waals surface area contributed by atoms with Crippen LogP contribution >= 0.6 is 0 Å². The molecule has 2 atom stereocenters. The molecule has 1 amide bonds. The molecule has 2 N–H and O–H groups in total. The van der Waals surface area contributed by atoms with Gasteiger partial charge in [-0.15, -0.1) is 0 Å². The number of hydrogen-bond donors (Lipinski definition) is 2. The van der Waals surface area contributed by atoms with Gasteiger partial charge < -0.3 is 9.88 Å². The van der Waals surface area contributed by atoms with Crippen molar-refractivity contribution in [2.24, 2.45) is 0 Å². The number of imidazole rings is 1. The van der Waals surface area contributed by atoms with Gasteiger partial charge in [0, 0.05) is 29.8 Å². The third-order valence-electron chi connectivity index (χ3n) is 5.66. The van der Waals surface area contributed by atoms with Gasteiger partial charge in [-0.25, -0.2) is 4.98 Å². The first-order valence-electron chi connectivity index (χ1n) is 10.8. The highest BCUT2D eigenvalue weighted by Gasteiger charge is 2.23. The lowest BCUT2D eigenvalue weighted by Crippen LogP contribution is -2.34. The summed E-state index contributed by atoms with van der Waals surface area (Å²) in [5.41, 5.74) is 6.08. The van der Waals surface area contributed by atoms with Gasteiger partial charge in [-0.3, -0.25) is 10.1 Å². The van der Waals surface area contributed by atoms with Crippen molar-refractivity contribution < 1.29 is 4.79 Å². The van der Waals surface area contributed by atoms with Gasteiger partial charge in [-0.1, -0.05) is 54.6 Å². The molecule has 5 heteroatoms. The molecular weight excluding hydrogens is 396 g/mol.